The van der Waals surface area contributed by atoms with Crippen molar-refractivity contribution in [1.29, 1.82) is 0 Å². The van der Waals surface area contributed by atoms with Crippen molar-refractivity contribution >= 4 is 33.4 Å². The van der Waals surface area contributed by atoms with Crippen LogP contribution in [-0.2, 0) is 9.59 Å². The van der Waals surface area contributed by atoms with E-state index in [-0.39, 0.29) is 30.3 Å². The van der Waals surface area contributed by atoms with Crippen molar-refractivity contribution in [2.45, 2.75) is 12.5 Å². The molecule has 2 saturated heterocycles. The molecule has 1 aromatic heterocycles. The molecule has 1 aromatic carbocycles. The highest BCUT2D eigenvalue weighted by atomic mass is 79.9. The number of ether oxygens (including phenoxy) is 1. The molecule has 1 unspecified atom stereocenters. The molecular weight excluding hydrogens is 398 g/mol. The number of nitrogens with zero attached hydrogens (tertiary/aromatic N) is 3. The van der Waals surface area contributed by atoms with Crippen LogP contribution in [0, 0.1) is 5.92 Å². The maximum Gasteiger partial charge on any atom is 0.228 e. The van der Waals surface area contributed by atoms with Gasteiger partial charge in [-0.2, -0.15) is 0 Å². The minimum Gasteiger partial charge on any atom is -0.470 e. The smallest absolute Gasteiger partial charge is 0.228 e. The standard InChI is InChI=1S/C19H18BrN3O3/c20-16-7-4-8-21-18(16)26-15-11-22(12-15)19(25)13-9-17(24)23(10-13)14-5-2-1-3-6-14/h1-8,13,15H,9-12H2. The van der Waals surface area contributed by atoms with E-state index in [0.29, 0.717) is 25.5 Å². The fraction of sp³-hybridized carbons (Fsp3) is 0.316. The number of aromatic nitrogens is 1. The fourth-order valence-corrected chi connectivity index (χ4v) is 3.65. The number of rotatable bonds is 4. The predicted octanol–water partition coefficient (Wildman–Crippen LogP) is 2.49. The number of carbonyl (C=O) groups is 2. The summed E-state index contributed by atoms with van der Waals surface area (Å²) in [6.45, 7) is 1.49. The van der Waals surface area contributed by atoms with E-state index in [4.69, 9.17) is 4.74 Å². The first-order valence-corrected chi connectivity index (χ1v) is 9.32. The minimum absolute atomic E-state index is 0.000268. The Labute approximate surface area is 159 Å². The van der Waals surface area contributed by atoms with Gasteiger partial charge in [0.25, 0.3) is 0 Å². The van der Waals surface area contributed by atoms with Crippen LogP contribution in [0.25, 0.3) is 0 Å². The summed E-state index contributed by atoms with van der Waals surface area (Å²) in [5.41, 5.74) is 0.845. The van der Waals surface area contributed by atoms with Gasteiger partial charge in [-0.1, -0.05) is 18.2 Å². The number of carbonyl (C=O) groups excluding carboxylic acids is 2. The van der Waals surface area contributed by atoms with Crippen LogP contribution >= 0.6 is 15.9 Å². The zero-order valence-corrected chi connectivity index (χ0v) is 15.6. The first-order valence-electron chi connectivity index (χ1n) is 8.53. The molecule has 26 heavy (non-hydrogen) atoms. The van der Waals surface area contributed by atoms with Gasteiger partial charge in [-0.3, -0.25) is 9.59 Å². The number of amides is 2. The Bertz CT molecular complexity index is 824. The summed E-state index contributed by atoms with van der Waals surface area (Å²) in [4.78, 5) is 32.6. The molecule has 3 heterocycles. The number of anilines is 1. The van der Waals surface area contributed by atoms with Gasteiger partial charge in [-0.05, 0) is 40.2 Å². The maximum atomic E-state index is 12.7. The molecule has 2 fully saturated rings. The average molecular weight is 416 g/mol. The quantitative estimate of drug-likeness (QED) is 0.769. The molecular formula is C19H18BrN3O3. The number of likely N-dealkylation sites (tertiary alicyclic amines) is 1. The first-order chi connectivity index (χ1) is 12.6. The van der Waals surface area contributed by atoms with E-state index in [1.54, 1.807) is 16.0 Å². The molecule has 0 bridgehead atoms. The lowest BCUT2D eigenvalue weighted by atomic mass is 10.0. The Morgan fingerprint density at radius 1 is 1.12 bits per heavy atom. The van der Waals surface area contributed by atoms with Crippen LogP contribution in [0.5, 0.6) is 5.88 Å². The second kappa shape index (κ2) is 7.07. The molecule has 1 atom stereocenters. The number of halogens is 1. The number of hydrogen-bond donors (Lipinski definition) is 0. The summed E-state index contributed by atoms with van der Waals surface area (Å²) < 4.78 is 6.60. The van der Waals surface area contributed by atoms with Crippen molar-refractivity contribution in [2.24, 2.45) is 5.92 Å². The molecule has 0 radical (unpaired) electrons. The van der Waals surface area contributed by atoms with Crippen molar-refractivity contribution in [3.05, 3.63) is 53.1 Å². The van der Waals surface area contributed by atoms with Gasteiger partial charge in [0.2, 0.25) is 17.7 Å². The van der Waals surface area contributed by atoms with E-state index >= 15 is 0 Å². The van der Waals surface area contributed by atoms with Crippen LogP contribution in [0.1, 0.15) is 6.42 Å². The van der Waals surface area contributed by atoms with Gasteiger partial charge in [0, 0.05) is 24.8 Å². The number of para-hydroxylation sites is 1. The van der Waals surface area contributed by atoms with E-state index in [0.717, 1.165) is 10.2 Å². The lowest BCUT2D eigenvalue weighted by Gasteiger charge is -2.40. The zero-order chi connectivity index (χ0) is 18.1. The predicted molar refractivity (Wildman–Crippen MR) is 99.8 cm³/mol. The van der Waals surface area contributed by atoms with Gasteiger partial charge >= 0.3 is 0 Å². The molecule has 2 aliphatic heterocycles. The van der Waals surface area contributed by atoms with E-state index in [1.165, 1.54) is 0 Å². The minimum atomic E-state index is -0.287. The second-order valence-electron chi connectivity index (χ2n) is 6.51. The molecule has 2 amide bonds. The molecule has 2 aromatic rings. The molecule has 0 aliphatic carbocycles. The van der Waals surface area contributed by atoms with Gasteiger partial charge < -0.3 is 14.5 Å². The van der Waals surface area contributed by atoms with Crippen LogP contribution in [0.3, 0.4) is 0 Å². The molecule has 7 heteroatoms. The molecule has 0 spiro atoms. The molecule has 2 aliphatic rings. The van der Waals surface area contributed by atoms with Gasteiger partial charge in [-0.25, -0.2) is 4.98 Å². The van der Waals surface area contributed by atoms with Gasteiger partial charge in [-0.15, -0.1) is 0 Å². The number of pyridine rings is 1. The normalized spacial score (nSPS) is 20.2. The Morgan fingerprint density at radius 3 is 2.62 bits per heavy atom. The van der Waals surface area contributed by atoms with E-state index in [1.807, 2.05) is 42.5 Å². The molecule has 4 rings (SSSR count). The largest absolute Gasteiger partial charge is 0.470 e. The van der Waals surface area contributed by atoms with Crippen LogP contribution < -0.4 is 9.64 Å². The lowest BCUT2D eigenvalue weighted by molar-refractivity contribution is -0.144. The SMILES string of the molecule is O=C(C1CC(=O)N(c2ccccc2)C1)N1CC(Oc2ncccc2Br)C1. The Morgan fingerprint density at radius 2 is 1.88 bits per heavy atom. The monoisotopic (exact) mass is 415 g/mol. The van der Waals surface area contributed by atoms with Crippen molar-refractivity contribution in [3.63, 3.8) is 0 Å². The molecule has 0 N–H and O–H groups in total. The highest BCUT2D eigenvalue weighted by Crippen LogP contribution is 2.29. The molecule has 0 saturated carbocycles. The summed E-state index contributed by atoms with van der Waals surface area (Å²) in [5, 5.41) is 0. The number of benzene rings is 1. The Balaban J connectivity index is 1.32. The third kappa shape index (κ3) is 3.31. The lowest BCUT2D eigenvalue weighted by Crippen LogP contribution is -2.57. The Hall–Kier alpha value is -2.41. The summed E-state index contributed by atoms with van der Waals surface area (Å²) in [6.07, 6.45) is 1.87. The van der Waals surface area contributed by atoms with E-state index in [9.17, 15) is 9.59 Å². The van der Waals surface area contributed by atoms with Crippen molar-refractivity contribution in [2.75, 3.05) is 24.5 Å². The summed E-state index contributed by atoms with van der Waals surface area (Å²) in [6, 6.07) is 13.2. The zero-order valence-electron chi connectivity index (χ0n) is 14.0. The first kappa shape index (κ1) is 17.0. The third-order valence-corrected chi connectivity index (χ3v) is 5.31. The third-order valence-electron chi connectivity index (χ3n) is 4.70. The summed E-state index contributed by atoms with van der Waals surface area (Å²) in [7, 11) is 0. The highest BCUT2D eigenvalue weighted by Gasteiger charge is 2.41. The van der Waals surface area contributed by atoms with Crippen molar-refractivity contribution < 1.29 is 14.3 Å². The Kier molecular flexibility index (Phi) is 4.63. The van der Waals surface area contributed by atoms with Crippen molar-refractivity contribution in [1.82, 2.24) is 9.88 Å². The van der Waals surface area contributed by atoms with Gasteiger partial charge in [0.15, 0.2) is 0 Å². The van der Waals surface area contributed by atoms with Crippen LogP contribution in [0.15, 0.2) is 53.1 Å². The average Bonchev–Trinajstić information content (AvgIpc) is 3.01. The van der Waals surface area contributed by atoms with E-state index in [2.05, 4.69) is 20.9 Å². The maximum absolute atomic E-state index is 12.7. The van der Waals surface area contributed by atoms with Crippen LogP contribution in [0.2, 0.25) is 0 Å². The topological polar surface area (TPSA) is 62.7 Å². The van der Waals surface area contributed by atoms with Crippen molar-refractivity contribution in [3.8, 4) is 5.88 Å². The highest BCUT2D eigenvalue weighted by molar-refractivity contribution is 9.10. The van der Waals surface area contributed by atoms with Gasteiger partial charge in [0.1, 0.15) is 6.10 Å². The molecule has 6 nitrogen and oxygen atoms in total. The van der Waals surface area contributed by atoms with Crippen LogP contribution in [-0.4, -0.2) is 47.4 Å². The van der Waals surface area contributed by atoms with E-state index < -0.39 is 0 Å². The number of hydrogen-bond acceptors (Lipinski definition) is 4. The van der Waals surface area contributed by atoms with Gasteiger partial charge in [0.05, 0.1) is 23.5 Å². The summed E-state index contributed by atoms with van der Waals surface area (Å²) >= 11 is 3.40. The second-order valence-corrected chi connectivity index (χ2v) is 7.37. The summed E-state index contributed by atoms with van der Waals surface area (Å²) in [5.74, 6) is 0.276. The fourth-order valence-electron chi connectivity index (χ4n) is 3.30. The van der Waals surface area contributed by atoms with Crippen LogP contribution in [0.4, 0.5) is 5.69 Å². The molecule has 134 valence electrons.